The number of methoxy groups -OCH3 is 1. The van der Waals surface area contributed by atoms with Gasteiger partial charge in [0, 0.05) is 19.3 Å². The molecule has 0 saturated carbocycles. The first-order chi connectivity index (χ1) is 15.7. The molecule has 2 aromatic rings. The summed E-state index contributed by atoms with van der Waals surface area (Å²) in [5.41, 5.74) is -1.65. The Labute approximate surface area is 196 Å². The molecule has 1 aliphatic heterocycles. The fourth-order valence-electron chi connectivity index (χ4n) is 3.71. The van der Waals surface area contributed by atoms with Crippen molar-refractivity contribution in [1.29, 1.82) is 0 Å². The monoisotopic (exact) mass is 507 g/mol. The highest BCUT2D eigenvalue weighted by atomic mass is 35.5. The van der Waals surface area contributed by atoms with Crippen LogP contribution >= 0.6 is 11.6 Å². The van der Waals surface area contributed by atoms with Gasteiger partial charge in [0.25, 0.3) is 0 Å². The Hall–Kier alpha value is -2.79. The van der Waals surface area contributed by atoms with Gasteiger partial charge in [-0.05, 0) is 48.9 Å². The molecule has 1 heterocycles. The lowest BCUT2D eigenvalue weighted by Crippen LogP contribution is -2.37. The van der Waals surface area contributed by atoms with Crippen LogP contribution in [-0.4, -0.2) is 43.4 Å². The number of carbonyl (C=O) groups excluding carboxylic acids is 1. The van der Waals surface area contributed by atoms with Gasteiger partial charge in [-0.15, -0.1) is 0 Å². The number of rotatable bonds is 6. The predicted molar refractivity (Wildman–Crippen MR) is 115 cm³/mol. The van der Waals surface area contributed by atoms with Crippen LogP contribution < -0.4 is 5.32 Å². The lowest BCUT2D eigenvalue weighted by Gasteiger charge is -2.26. The molecule has 0 spiro atoms. The molecule has 1 aliphatic rings. The summed E-state index contributed by atoms with van der Waals surface area (Å²) >= 11 is 5.86. The molecule has 2 aromatic carbocycles. The fourth-order valence-corrected chi connectivity index (χ4v) is 3.99. The van der Waals surface area contributed by atoms with Crippen LogP contribution in [0.4, 0.5) is 32.0 Å². The predicted octanol–water partition coefficient (Wildman–Crippen LogP) is 5.69. The molecule has 0 aromatic heterocycles. The number of amides is 1. The van der Waals surface area contributed by atoms with Gasteiger partial charge >= 0.3 is 12.4 Å². The van der Waals surface area contributed by atoms with Gasteiger partial charge in [-0.2, -0.15) is 31.4 Å². The van der Waals surface area contributed by atoms with Gasteiger partial charge in [0.15, 0.2) is 0 Å². The van der Waals surface area contributed by atoms with E-state index in [2.05, 4.69) is 10.4 Å². The Bertz CT molecular complexity index is 1090. The van der Waals surface area contributed by atoms with E-state index in [-0.39, 0.29) is 25.4 Å². The molecule has 12 heteroatoms. The highest BCUT2D eigenvalue weighted by Crippen LogP contribution is 2.38. The number of ether oxygens (including phenoxy) is 1. The molecule has 0 fully saturated rings. The van der Waals surface area contributed by atoms with Crippen LogP contribution in [0.1, 0.15) is 23.6 Å². The minimum absolute atomic E-state index is 0.168. The fraction of sp³-hybridized carbons (Fsp3) is 0.364. The highest BCUT2D eigenvalue weighted by Gasteiger charge is 2.41. The number of anilines is 1. The van der Waals surface area contributed by atoms with Crippen molar-refractivity contribution in [1.82, 2.24) is 5.01 Å². The van der Waals surface area contributed by atoms with E-state index in [0.717, 1.165) is 30.3 Å². The van der Waals surface area contributed by atoms with Gasteiger partial charge in [-0.25, -0.2) is 0 Å². The number of halogens is 7. The van der Waals surface area contributed by atoms with Crippen LogP contribution in [0.15, 0.2) is 47.6 Å². The first-order valence-electron chi connectivity index (χ1n) is 9.90. The summed E-state index contributed by atoms with van der Waals surface area (Å²) in [4.78, 5) is 12.4. The summed E-state index contributed by atoms with van der Waals surface area (Å²) in [6.07, 6.45) is -9.10. The van der Waals surface area contributed by atoms with E-state index < -0.39 is 39.8 Å². The molecule has 184 valence electrons. The lowest BCUT2D eigenvalue weighted by atomic mass is 9.82. The molecule has 0 radical (unpaired) electrons. The topological polar surface area (TPSA) is 53.9 Å². The van der Waals surface area contributed by atoms with Crippen molar-refractivity contribution in [3.05, 3.63) is 64.2 Å². The number of hydrogen-bond acceptors (Lipinski definition) is 4. The minimum atomic E-state index is -4.61. The van der Waals surface area contributed by atoms with Gasteiger partial charge in [0.1, 0.15) is 6.54 Å². The second-order valence-corrected chi connectivity index (χ2v) is 8.49. The summed E-state index contributed by atoms with van der Waals surface area (Å²) in [7, 11) is 1.46. The lowest BCUT2D eigenvalue weighted by molar-refractivity contribution is -0.138. The zero-order valence-electron chi connectivity index (χ0n) is 18.0. The maximum Gasteiger partial charge on any atom is 0.417 e. The van der Waals surface area contributed by atoms with Crippen molar-refractivity contribution in [2.45, 2.75) is 19.3 Å². The minimum Gasteiger partial charge on any atom is -0.384 e. The first kappa shape index (κ1) is 25.8. The molecule has 1 N–H and O–H groups in total. The molecule has 1 unspecified atom stereocenters. The zero-order valence-corrected chi connectivity index (χ0v) is 18.8. The molecule has 0 saturated heterocycles. The van der Waals surface area contributed by atoms with Crippen LogP contribution in [0.2, 0.25) is 5.02 Å². The van der Waals surface area contributed by atoms with Crippen LogP contribution in [0, 0.1) is 5.41 Å². The molecule has 5 nitrogen and oxygen atoms in total. The van der Waals surface area contributed by atoms with Crippen molar-refractivity contribution in [2.75, 3.05) is 32.1 Å². The number of nitrogens with one attached hydrogen (secondary N) is 1. The van der Waals surface area contributed by atoms with E-state index in [1.165, 1.54) is 24.3 Å². The summed E-state index contributed by atoms with van der Waals surface area (Å²) in [5, 5.41) is 7.85. The summed E-state index contributed by atoms with van der Waals surface area (Å²) in [6.45, 7) is 1.93. The number of carbonyl (C=O) groups is 1. The number of hydrogen-bond donors (Lipinski definition) is 1. The molecular weight excluding hydrogens is 488 g/mol. The number of hydrazone groups is 1. The van der Waals surface area contributed by atoms with Gasteiger partial charge < -0.3 is 10.1 Å². The second-order valence-electron chi connectivity index (χ2n) is 8.08. The smallest absolute Gasteiger partial charge is 0.384 e. The van der Waals surface area contributed by atoms with Gasteiger partial charge in [0.05, 0.1) is 33.9 Å². The average Bonchev–Trinajstić information content (AvgIpc) is 3.02. The Morgan fingerprint density at radius 2 is 1.76 bits per heavy atom. The molecule has 0 bridgehead atoms. The van der Waals surface area contributed by atoms with Gasteiger partial charge in [-0.3, -0.25) is 9.80 Å². The Kier molecular flexibility index (Phi) is 7.18. The van der Waals surface area contributed by atoms with E-state index in [0.29, 0.717) is 11.3 Å². The quantitative estimate of drug-likeness (QED) is 0.511. The molecular formula is C22H20ClF6N3O2. The van der Waals surface area contributed by atoms with Gasteiger partial charge in [-0.1, -0.05) is 17.7 Å². The largest absolute Gasteiger partial charge is 0.417 e. The van der Waals surface area contributed by atoms with E-state index in [9.17, 15) is 31.1 Å². The molecule has 1 atom stereocenters. The van der Waals surface area contributed by atoms with E-state index in [4.69, 9.17) is 16.3 Å². The standard InChI is InChI=1S/C22H20ClF6N3O2/c1-20(12-34-2)11-32(10-18(33)30-15-6-4-14(5-7-15)21(24,25)26)31-19(20)13-3-8-16(17(23)9-13)22(27,28)29/h3-9H,10-12H2,1-2H3,(H,30,33). The first-order valence-corrected chi connectivity index (χ1v) is 10.3. The van der Waals surface area contributed by atoms with E-state index in [1.54, 1.807) is 6.92 Å². The van der Waals surface area contributed by atoms with Crippen molar-refractivity contribution in [3.8, 4) is 0 Å². The Morgan fingerprint density at radius 3 is 2.29 bits per heavy atom. The van der Waals surface area contributed by atoms with Crippen molar-refractivity contribution in [3.63, 3.8) is 0 Å². The Morgan fingerprint density at radius 1 is 1.12 bits per heavy atom. The van der Waals surface area contributed by atoms with E-state index in [1.807, 2.05) is 0 Å². The van der Waals surface area contributed by atoms with Crippen LogP contribution in [-0.2, 0) is 21.9 Å². The highest BCUT2D eigenvalue weighted by molar-refractivity contribution is 6.32. The number of nitrogens with zero attached hydrogens (tertiary/aromatic N) is 2. The third-order valence-corrected chi connectivity index (χ3v) is 5.49. The normalized spacial score (nSPS) is 18.7. The molecule has 1 amide bonds. The van der Waals surface area contributed by atoms with Crippen molar-refractivity contribution >= 4 is 28.9 Å². The zero-order chi connectivity index (χ0) is 25.3. The molecule has 34 heavy (non-hydrogen) atoms. The summed E-state index contributed by atoms with van der Waals surface area (Å²) in [6, 6.07) is 7.28. The van der Waals surface area contributed by atoms with Crippen molar-refractivity contribution in [2.24, 2.45) is 10.5 Å². The van der Waals surface area contributed by atoms with Gasteiger partial charge in [0.2, 0.25) is 5.91 Å². The SMILES string of the molecule is COCC1(C)CN(CC(=O)Nc2ccc(C(F)(F)F)cc2)N=C1c1ccc(C(F)(F)F)c(Cl)c1. The summed E-state index contributed by atoms with van der Waals surface area (Å²) < 4.78 is 82.5. The third kappa shape index (κ3) is 5.82. The van der Waals surface area contributed by atoms with E-state index >= 15 is 0 Å². The average molecular weight is 508 g/mol. The number of benzene rings is 2. The number of alkyl halides is 6. The maximum atomic E-state index is 13.1. The molecule has 3 rings (SSSR count). The third-order valence-electron chi connectivity index (χ3n) is 5.18. The van der Waals surface area contributed by atoms with Crippen LogP contribution in [0.3, 0.4) is 0 Å². The Balaban J connectivity index is 1.78. The van der Waals surface area contributed by atoms with Crippen LogP contribution in [0.5, 0.6) is 0 Å². The second kappa shape index (κ2) is 9.46. The van der Waals surface area contributed by atoms with Crippen molar-refractivity contribution < 1.29 is 35.9 Å². The molecule has 0 aliphatic carbocycles. The van der Waals surface area contributed by atoms with Crippen LogP contribution in [0.25, 0.3) is 0 Å². The maximum absolute atomic E-state index is 13.1. The summed E-state index contributed by atoms with van der Waals surface area (Å²) in [5.74, 6) is -0.532.